The Labute approximate surface area is 119 Å². The van der Waals surface area contributed by atoms with Crippen molar-refractivity contribution in [2.75, 3.05) is 6.54 Å². The normalized spacial score (nSPS) is 18.4. The molecule has 0 bridgehead atoms. The van der Waals surface area contributed by atoms with Gasteiger partial charge in [0, 0.05) is 23.0 Å². The van der Waals surface area contributed by atoms with Gasteiger partial charge in [0.15, 0.2) is 0 Å². The molecule has 1 aliphatic rings. The zero-order valence-corrected chi connectivity index (χ0v) is 13.0. The molecule has 0 saturated heterocycles. The number of rotatable bonds is 5. The Hall–Kier alpha value is -0.340. The van der Waals surface area contributed by atoms with Gasteiger partial charge in [-0.25, -0.2) is 0 Å². The average Bonchev–Trinajstić information content (AvgIpc) is 2.85. The lowest BCUT2D eigenvalue weighted by Crippen LogP contribution is -2.31. The first-order valence-corrected chi connectivity index (χ1v) is 7.95. The van der Waals surface area contributed by atoms with Crippen molar-refractivity contribution < 1.29 is 0 Å². The van der Waals surface area contributed by atoms with Gasteiger partial charge in [-0.15, -0.1) is 0 Å². The summed E-state index contributed by atoms with van der Waals surface area (Å²) in [4.78, 5) is 0. The van der Waals surface area contributed by atoms with E-state index in [4.69, 9.17) is 0 Å². The van der Waals surface area contributed by atoms with Gasteiger partial charge in [-0.05, 0) is 30.4 Å². The van der Waals surface area contributed by atoms with Crippen LogP contribution in [0, 0.1) is 5.92 Å². The van der Waals surface area contributed by atoms with Crippen LogP contribution in [0.5, 0.6) is 0 Å². The minimum Gasteiger partial charge on any atom is -0.314 e. The largest absolute Gasteiger partial charge is 0.314 e. The van der Waals surface area contributed by atoms with Gasteiger partial charge in [-0.1, -0.05) is 60.8 Å². The molecule has 1 aromatic rings. The van der Waals surface area contributed by atoms with E-state index in [9.17, 15) is 0 Å². The number of benzene rings is 1. The molecule has 1 saturated carbocycles. The van der Waals surface area contributed by atoms with E-state index < -0.39 is 0 Å². The molecular weight excluding hydrogens is 286 g/mol. The van der Waals surface area contributed by atoms with Crippen LogP contribution in [0.2, 0.25) is 0 Å². The highest BCUT2D eigenvalue weighted by Crippen LogP contribution is 2.39. The first-order chi connectivity index (χ1) is 8.68. The summed E-state index contributed by atoms with van der Waals surface area (Å²) in [6.45, 7) is 5.56. The molecule has 100 valence electrons. The lowest BCUT2D eigenvalue weighted by atomic mass is 9.84. The van der Waals surface area contributed by atoms with Gasteiger partial charge >= 0.3 is 0 Å². The highest BCUT2D eigenvalue weighted by Gasteiger charge is 2.27. The summed E-state index contributed by atoms with van der Waals surface area (Å²) in [5.74, 6) is 1.51. The van der Waals surface area contributed by atoms with E-state index in [-0.39, 0.29) is 0 Å². The minimum absolute atomic E-state index is 0.566. The summed E-state index contributed by atoms with van der Waals surface area (Å²) < 4.78 is 1.27. The van der Waals surface area contributed by atoms with E-state index in [1.54, 1.807) is 0 Å². The Bertz CT molecular complexity index is 369. The van der Waals surface area contributed by atoms with Crippen LogP contribution >= 0.6 is 15.9 Å². The van der Waals surface area contributed by atoms with Crippen LogP contribution in [0.4, 0.5) is 0 Å². The lowest BCUT2D eigenvalue weighted by Gasteiger charge is -2.26. The average molecular weight is 310 g/mol. The van der Waals surface area contributed by atoms with Crippen molar-refractivity contribution in [3.63, 3.8) is 0 Å². The number of nitrogens with one attached hydrogen (secondary N) is 1. The quantitative estimate of drug-likeness (QED) is 0.829. The fourth-order valence-corrected chi connectivity index (χ4v) is 3.61. The number of hydrogen-bond acceptors (Lipinski definition) is 1. The minimum atomic E-state index is 0.566. The van der Waals surface area contributed by atoms with Crippen molar-refractivity contribution in [1.29, 1.82) is 0 Å². The van der Waals surface area contributed by atoms with Gasteiger partial charge in [0.1, 0.15) is 0 Å². The third kappa shape index (κ3) is 3.58. The fraction of sp³-hybridized carbons (Fsp3) is 0.625. The summed E-state index contributed by atoms with van der Waals surface area (Å²) in [6, 6.07) is 9.30. The molecule has 1 atom stereocenters. The van der Waals surface area contributed by atoms with Crippen LogP contribution in [0.1, 0.15) is 51.0 Å². The molecule has 0 heterocycles. The highest BCUT2D eigenvalue weighted by molar-refractivity contribution is 9.10. The van der Waals surface area contributed by atoms with Gasteiger partial charge in [0.2, 0.25) is 0 Å². The second kappa shape index (κ2) is 6.72. The van der Waals surface area contributed by atoms with Gasteiger partial charge in [-0.3, -0.25) is 0 Å². The van der Waals surface area contributed by atoms with Crippen LogP contribution < -0.4 is 5.32 Å². The molecule has 1 N–H and O–H groups in total. The molecule has 0 radical (unpaired) electrons. The summed E-state index contributed by atoms with van der Waals surface area (Å²) in [6.07, 6.45) is 5.61. The molecule has 0 aliphatic heterocycles. The van der Waals surface area contributed by atoms with E-state index >= 15 is 0 Å². The van der Waals surface area contributed by atoms with Crippen molar-refractivity contribution in [2.45, 2.75) is 51.5 Å². The summed E-state index contributed by atoms with van der Waals surface area (Å²) in [7, 11) is 0. The Kier molecular flexibility index (Phi) is 5.25. The smallest absolute Gasteiger partial charge is 0.0210 e. The van der Waals surface area contributed by atoms with Crippen molar-refractivity contribution in [3.8, 4) is 0 Å². The molecule has 1 fully saturated rings. The SMILES string of the molecule is CC(C)NCC(c1ccccc1Br)C1CCCC1. The Morgan fingerprint density at radius 3 is 2.50 bits per heavy atom. The maximum absolute atomic E-state index is 3.72. The molecule has 1 aromatic carbocycles. The van der Waals surface area contributed by atoms with Crippen LogP contribution in [0.25, 0.3) is 0 Å². The third-order valence-corrected chi connectivity index (χ3v) is 4.74. The van der Waals surface area contributed by atoms with E-state index in [0.29, 0.717) is 12.0 Å². The van der Waals surface area contributed by atoms with Gasteiger partial charge < -0.3 is 5.32 Å². The second-order valence-electron chi connectivity index (χ2n) is 5.74. The molecule has 18 heavy (non-hydrogen) atoms. The second-order valence-corrected chi connectivity index (χ2v) is 6.59. The molecule has 1 aliphatic carbocycles. The number of halogens is 1. The van der Waals surface area contributed by atoms with E-state index in [1.807, 2.05) is 0 Å². The molecule has 1 unspecified atom stereocenters. The molecular formula is C16H24BrN. The lowest BCUT2D eigenvalue weighted by molar-refractivity contribution is 0.397. The first kappa shape index (κ1) is 14.1. The zero-order chi connectivity index (χ0) is 13.0. The van der Waals surface area contributed by atoms with Crippen LogP contribution in [-0.2, 0) is 0 Å². The predicted octanol–water partition coefficient (Wildman–Crippen LogP) is 4.72. The predicted molar refractivity (Wildman–Crippen MR) is 82.0 cm³/mol. The van der Waals surface area contributed by atoms with Crippen molar-refractivity contribution in [3.05, 3.63) is 34.3 Å². The Morgan fingerprint density at radius 2 is 1.89 bits per heavy atom. The van der Waals surface area contributed by atoms with Crippen LogP contribution in [-0.4, -0.2) is 12.6 Å². The fourth-order valence-electron chi connectivity index (χ4n) is 3.03. The molecule has 2 rings (SSSR count). The van der Waals surface area contributed by atoms with Gasteiger partial charge in [0.25, 0.3) is 0 Å². The summed E-state index contributed by atoms with van der Waals surface area (Å²) in [5.41, 5.74) is 1.48. The highest BCUT2D eigenvalue weighted by atomic mass is 79.9. The zero-order valence-electron chi connectivity index (χ0n) is 11.5. The van der Waals surface area contributed by atoms with Gasteiger partial charge in [-0.2, -0.15) is 0 Å². The number of hydrogen-bond donors (Lipinski definition) is 1. The molecule has 0 spiro atoms. The molecule has 0 amide bonds. The van der Waals surface area contributed by atoms with Crippen LogP contribution in [0.15, 0.2) is 28.7 Å². The topological polar surface area (TPSA) is 12.0 Å². The molecule has 1 nitrogen and oxygen atoms in total. The first-order valence-electron chi connectivity index (χ1n) is 7.16. The van der Waals surface area contributed by atoms with Crippen molar-refractivity contribution in [2.24, 2.45) is 5.92 Å². The Morgan fingerprint density at radius 1 is 1.22 bits per heavy atom. The monoisotopic (exact) mass is 309 g/mol. The third-order valence-electron chi connectivity index (χ3n) is 4.02. The van der Waals surface area contributed by atoms with E-state index in [0.717, 1.165) is 12.5 Å². The summed E-state index contributed by atoms with van der Waals surface area (Å²) in [5, 5.41) is 3.63. The summed E-state index contributed by atoms with van der Waals surface area (Å²) >= 11 is 3.72. The maximum Gasteiger partial charge on any atom is 0.0210 e. The van der Waals surface area contributed by atoms with Crippen molar-refractivity contribution in [1.82, 2.24) is 5.32 Å². The van der Waals surface area contributed by atoms with Gasteiger partial charge in [0.05, 0.1) is 0 Å². The Balaban J connectivity index is 2.15. The molecule has 0 aromatic heterocycles. The van der Waals surface area contributed by atoms with Crippen LogP contribution in [0.3, 0.4) is 0 Å². The van der Waals surface area contributed by atoms with E-state index in [2.05, 4.69) is 59.4 Å². The maximum atomic E-state index is 3.72. The van der Waals surface area contributed by atoms with Crippen molar-refractivity contribution >= 4 is 15.9 Å². The standard InChI is InChI=1S/C16H24BrN/c1-12(2)18-11-15(13-7-3-4-8-13)14-9-5-6-10-16(14)17/h5-6,9-10,12-13,15,18H,3-4,7-8,11H2,1-2H3. The molecule has 2 heteroatoms. The van der Waals surface area contributed by atoms with E-state index in [1.165, 1.54) is 35.7 Å².